The second-order valence-corrected chi connectivity index (χ2v) is 6.60. The maximum absolute atomic E-state index is 13.1. The van der Waals surface area contributed by atoms with Crippen molar-refractivity contribution < 1.29 is 13.9 Å². The van der Waals surface area contributed by atoms with Gasteiger partial charge in [0.25, 0.3) is 0 Å². The molecule has 1 heterocycles. The van der Waals surface area contributed by atoms with Crippen molar-refractivity contribution in [1.82, 2.24) is 4.90 Å². The molecule has 1 fully saturated rings. The molecule has 1 saturated carbocycles. The summed E-state index contributed by atoms with van der Waals surface area (Å²) >= 11 is 0. The van der Waals surface area contributed by atoms with Gasteiger partial charge in [-0.2, -0.15) is 0 Å². The monoisotopic (exact) mass is 325 g/mol. The first-order valence-electron chi connectivity index (χ1n) is 8.47. The van der Waals surface area contributed by atoms with Crippen molar-refractivity contribution in [2.24, 2.45) is 0 Å². The van der Waals surface area contributed by atoms with Gasteiger partial charge >= 0.3 is 0 Å². The van der Waals surface area contributed by atoms with E-state index in [1.807, 2.05) is 17.0 Å². The zero-order valence-corrected chi connectivity index (χ0v) is 13.5. The van der Waals surface area contributed by atoms with Crippen LogP contribution in [0.2, 0.25) is 0 Å². The molecule has 0 atom stereocenters. The predicted octanol–water partition coefficient (Wildman–Crippen LogP) is 3.49. The Hall–Kier alpha value is -2.36. The molecule has 2 aromatic rings. The Morgan fingerprint density at radius 3 is 2.62 bits per heavy atom. The molecule has 0 unspecified atom stereocenters. The smallest absolute Gasteiger partial charge is 0.227 e. The van der Waals surface area contributed by atoms with Crippen molar-refractivity contribution >= 4 is 5.91 Å². The first-order chi connectivity index (χ1) is 11.7. The first-order valence-corrected chi connectivity index (χ1v) is 8.47. The van der Waals surface area contributed by atoms with E-state index in [1.165, 1.54) is 17.7 Å². The highest BCUT2D eigenvalue weighted by Gasteiger charge is 2.32. The second-order valence-electron chi connectivity index (χ2n) is 6.60. The summed E-state index contributed by atoms with van der Waals surface area (Å²) in [7, 11) is 0. The third-order valence-electron chi connectivity index (χ3n) is 4.68. The van der Waals surface area contributed by atoms with Gasteiger partial charge in [0.15, 0.2) is 0 Å². The molecule has 24 heavy (non-hydrogen) atoms. The SMILES string of the molecule is O=C(Cc1ccc2c(c1)CCO2)N(Cc1ccc(F)cc1)C1CC1. The molecule has 0 spiro atoms. The maximum atomic E-state index is 13.1. The summed E-state index contributed by atoms with van der Waals surface area (Å²) in [5, 5.41) is 0. The normalized spacial score (nSPS) is 15.7. The Morgan fingerprint density at radius 2 is 1.88 bits per heavy atom. The number of ether oxygens (including phenoxy) is 1. The lowest BCUT2D eigenvalue weighted by Gasteiger charge is -2.23. The molecule has 1 aliphatic carbocycles. The highest BCUT2D eigenvalue weighted by atomic mass is 19.1. The number of fused-ring (bicyclic) bond motifs is 1. The molecule has 1 aliphatic heterocycles. The van der Waals surface area contributed by atoms with Gasteiger partial charge in [0.2, 0.25) is 5.91 Å². The average Bonchev–Trinajstić information content (AvgIpc) is 3.31. The fourth-order valence-corrected chi connectivity index (χ4v) is 3.22. The van der Waals surface area contributed by atoms with Crippen molar-refractivity contribution in [2.45, 2.75) is 38.3 Å². The predicted molar refractivity (Wildman–Crippen MR) is 89.3 cm³/mol. The molecule has 2 aliphatic rings. The highest BCUT2D eigenvalue weighted by Crippen LogP contribution is 2.30. The third kappa shape index (κ3) is 3.28. The molecule has 124 valence electrons. The van der Waals surface area contributed by atoms with Crippen LogP contribution in [0.3, 0.4) is 0 Å². The van der Waals surface area contributed by atoms with Gasteiger partial charge in [-0.15, -0.1) is 0 Å². The highest BCUT2D eigenvalue weighted by molar-refractivity contribution is 5.79. The number of carbonyl (C=O) groups is 1. The summed E-state index contributed by atoms with van der Waals surface area (Å²) in [5.74, 6) is 0.834. The van der Waals surface area contributed by atoms with E-state index < -0.39 is 0 Å². The minimum atomic E-state index is -0.247. The van der Waals surface area contributed by atoms with Crippen LogP contribution in [0.5, 0.6) is 5.75 Å². The summed E-state index contributed by atoms with van der Waals surface area (Å²) in [4.78, 5) is 14.7. The van der Waals surface area contributed by atoms with E-state index in [-0.39, 0.29) is 11.7 Å². The lowest BCUT2D eigenvalue weighted by Crippen LogP contribution is -2.33. The van der Waals surface area contributed by atoms with Gasteiger partial charge in [0.1, 0.15) is 11.6 Å². The van der Waals surface area contributed by atoms with Crippen LogP contribution in [0.1, 0.15) is 29.5 Å². The van der Waals surface area contributed by atoms with E-state index in [1.54, 1.807) is 12.1 Å². The lowest BCUT2D eigenvalue weighted by atomic mass is 10.1. The molecular weight excluding hydrogens is 305 g/mol. The van der Waals surface area contributed by atoms with E-state index in [0.717, 1.165) is 42.7 Å². The van der Waals surface area contributed by atoms with E-state index >= 15 is 0 Å². The molecule has 0 N–H and O–H groups in total. The molecule has 0 saturated heterocycles. The average molecular weight is 325 g/mol. The van der Waals surface area contributed by atoms with Gasteiger partial charge in [-0.25, -0.2) is 4.39 Å². The Kier molecular flexibility index (Phi) is 3.97. The van der Waals surface area contributed by atoms with Gasteiger partial charge in [-0.1, -0.05) is 24.3 Å². The van der Waals surface area contributed by atoms with E-state index in [2.05, 4.69) is 6.07 Å². The van der Waals surface area contributed by atoms with Gasteiger partial charge < -0.3 is 9.64 Å². The number of halogens is 1. The van der Waals surface area contributed by atoms with Crippen LogP contribution >= 0.6 is 0 Å². The summed E-state index contributed by atoms with van der Waals surface area (Å²) < 4.78 is 18.6. The summed E-state index contributed by atoms with van der Waals surface area (Å²) in [6, 6.07) is 12.8. The van der Waals surface area contributed by atoms with E-state index in [0.29, 0.717) is 19.0 Å². The number of hydrogen-bond donors (Lipinski definition) is 0. The van der Waals surface area contributed by atoms with Crippen LogP contribution in [0.4, 0.5) is 4.39 Å². The van der Waals surface area contributed by atoms with Crippen molar-refractivity contribution in [3.05, 3.63) is 65.0 Å². The first kappa shape index (κ1) is 15.2. The minimum absolute atomic E-state index is 0.140. The van der Waals surface area contributed by atoms with Crippen LogP contribution in [0.15, 0.2) is 42.5 Å². The Labute approximate surface area is 141 Å². The molecule has 1 amide bonds. The van der Waals surface area contributed by atoms with Crippen LogP contribution in [0.25, 0.3) is 0 Å². The van der Waals surface area contributed by atoms with Crippen molar-refractivity contribution in [2.75, 3.05) is 6.61 Å². The number of nitrogens with zero attached hydrogens (tertiary/aromatic N) is 1. The van der Waals surface area contributed by atoms with Crippen LogP contribution in [0, 0.1) is 5.82 Å². The Balaban J connectivity index is 1.47. The zero-order valence-electron chi connectivity index (χ0n) is 13.5. The Bertz CT molecular complexity index is 753. The summed E-state index contributed by atoms with van der Waals surface area (Å²) in [6.07, 6.45) is 3.44. The molecular formula is C20H20FNO2. The van der Waals surface area contributed by atoms with Crippen LogP contribution in [-0.4, -0.2) is 23.5 Å². The topological polar surface area (TPSA) is 29.5 Å². The van der Waals surface area contributed by atoms with Crippen molar-refractivity contribution in [3.8, 4) is 5.75 Å². The van der Waals surface area contributed by atoms with Gasteiger partial charge in [0.05, 0.1) is 13.0 Å². The van der Waals surface area contributed by atoms with Crippen LogP contribution in [-0.2, 0) is 24.2 Å². The molecule has 4 rings (SSSR count). The lowest BCUT2D eigenvalue weighted by molar-refractivity contribution is -0.131. The number of carbonyl (C=O) groups excluding carboxylic acids is 1. The van der Waals surface area contributed by atoms with Crippen molar-refractivity contribution in [1.29, 1.82) is 0 Å². The summed E-state index contributed by atoms with van der Waals surface area (Å²) in [6.45, 7) is 1.28. The molecule has 0 aromatic heterocycles. The van der Waals surface area contributed by atoms with E-state index in [9.17, 15) is 9.18 Å². The van der Waals surface area contributed by atoms with Gasteiger partial charge in [-0.3, -0.25) is 4.79 Å². The Morgan fingerprint density at radius 1 is 1.12 bits per heavy atom. The molecule has 3 nitrogen and oxygen atoms in total. The van der Waals surface area contributed by atoms with E-state index in [4.69, 9.17) is 4.74 Å². The van der Waals surface area contributed by atoms with Crippen LogP contribution < -0.4 is 4.74 Å². The molecule has 0 radical (unpaired) electrons. The van der Waals surface area contributed by atoms with Gasteiger partial charge in [-0.05, 0) is 47.7 Å². The zero-order chi connectivity index (χ0) is 16.5. The second kappa shape index (κ2) is 6.27. The number of benzene rings is 2. The minimum Gasteiger partial charge on any atom is -0.493 e. The third-order valence-corrected chi connectivity index (χ3v) is 4.68. The fraction of sp³-hybridized carbons (Fsp3) is 0.350. The standard InChI is InChI=1S/C20H20FNO2/c21-17-4-1-14(2-5-17)13-22(18-6-7-18)20(23)12-15-3-8-19-16(11-15)9-10-24-19/h1-5,8,11,18H,6-7,9-10,12-13H2. The summed E-state index contributed by atoms with van der Waals surface area (Å²) in [5.41, 5.74) is 3.20. The number of amides is 1. The fourth-order valence-electron chi connectivity index (χ4n) is 3.22. The largest absolute Gasteiger partial charge is 0.493 e. The number of rotatable bonds is 5. The molecule has 0 bridgehead atoms. The molecule has 4 heteroatoms. The maximum Gasteiger partial charge on any atom is 0.227 e. The number of hydrogen-bond acceptors (Lipinski definition) is 2. The van der Waals surface area contributed by atoms with Gasteiger partial charge in [0, 0.05) is 19.0 Å². The quantitative estimate of drug-likeness (QED) is 0.842. The van der Waals surface area contributed by atoms with Crippen molar-refractivity contribution in [3.63, 3.8) is 0 Å². The molecule has 2 aromatic carbocycles.